The second-order valence-corrected chi connectivity index (χ2v) is 3.81. The van der Waals surface area contributed by atoms with E-state index in [1.165, 1.54) is 6.21 Å². The minimum absolute atomic E-state index is 0.0634. The first-order valence-corrected chi connectivity index (χ1v) is 5.65. The van der Waals surface area contributed by atoms with Gasteiger partial charge in [-0.3, -0.25) is 0 Å². The molecule has 0 aliphatic heterocycles. The van der Waals surface area contributed by atoms with Gasteiger partial charge in [0, 0.05) is 5.56 Å². The molecule has 0 saturated heterocycles. The molecule has 0 heterocycles. The lowest BCUT2D eigenvalue weighted by Crippen LogP contribution is -2.01. The summed E-state index contributed by atoms with van der Waals surface area (Å²) in [6.45, 7) is 2.25. The quantitative estimate of drug-likeness (QED) is 0.515. The molecule has 1 aromatic rings. The van der Waals surface area contributed by atoms with Gasteiger partial charge in [0.1, 0.15) is 6.07 Å². The lowest BCUT2D eigenvalue weighted by Gasteiger charge is -2.12. The summed E-state index contributed by atoms with van der Waals surface area (Å²) in [4.78, 5) is 0. The third-order valence-electron chi connectivity index (χ3n) is 1.82. The maximum absolute atomic E-state index is 8.49. The molecule has 5 nitrogen and oxygen atoms in total. The number of oxime groups is 1. The van der Waals surface area contributed by atoms with Crippen LogP contribution >= 0.6 is 15.9 Å². The van der Waals surface area contributed by atoms with Gasteiger partial charge in [0.2, 0.25) is 0 Å². The van der Waals surface area contributed by atoms with Gasteiger partial charge in [0.15, 0.2) is 18.1 Å². The molecule has 1 aromatic carbocycles. The average Bonchev–Trinajstić information content (AvgIpc) is 2.29. The molecule has 6 heteroatoms. The van der Waals surface area contributed by atoms with E-state index in [2.05, 4.69) is 21.1 Å². The Balaban J connectivity index is 3.13. The smallest absolute Gasteiger partial charge is 0.176 e. The fraction of sp³-hybridized carbons (Fsp3) is 0.273. The Kier molecular flexibility index (Phi) is 5.30. The number of nitrogens with zero attached hydrogens (tertiary/aromatic N) is 2. The Morgan fingerprint density at radius 1 is 1.53 bits per heavy atom. The second kappa shape index (κ2) is 6.76. The van der Waals surface area contributed by atoms with Gasteiger partial charge in [0.05, 0.1) is 17.3 Å². The fourth-order valence-electron chi connectivity index (χ4n) is 1.24. The van der Waals surface area contributed by atoms with E-state index in [0.29, 0.717) is 28.1 Å². The molecule has 0 radical (unpaired) electrons. The molecule has 0 aromatic heterocycles. The summed E-state index contributed by atoms with van der Waals surface area (Å²) >= 11 is 3.31. The number of ether oxygens (including phenoxy) is 2. The van der Waals surface area contributed by atoms with Gasteiger partial charge in [-0.15, -0.1) is 0 Å². The molecule has 0 spiro atoms. The van der Waals surface area contributed by atoms with Gasteiger partial charge in [0.25, 0.3) is 0 Å². The molecule has 0 aliphatic rings. The molecule has 0 amide bonds. The van der Waals surface area contributed by atoms with Crippen LogP contribution in [0.15, 0.2) is 21.8 Å². The molecule has 17 heavy (non-hydrogen) atoms. The van der Waals surface area contributed by atoms with E-state index in [1.807, 2.05) is 13.0 Å². The molecule has 1 N–H and O–H groups in total. The molecule has 1 rings (SSSR count). The van der Waals surface area contributed by atoms with Gasteiger partial charge < -0.3 is 14.7 Å². The van der Waals surface area contributed by atoms with Crippen molar-refractivity contribution in [1.82, 2.24) is 0 Å². The summed E-state index contributed by atoms with van der Waals surface area (Å²) in [6, 6.07) is 5.26. The maximum Gasteiger partial charge on any atom is 0.176 e. The monoisotopic (exact) mass is 298 g/mol. The van der Waals surface area contributed by atoms with Crippen LogP contribution < -0.4 is 9.47 Å². The Labute approximate surface area is 107 Å². The summed E-state index contributed by atoms with van der Waals surface area (Å²) in [7, 11) is 0. The maximum atomic E-state index is 8.49. The molecule has 90 valence electrons. The van der Waals surface area contributed by atoms with Gasteiger partial charge in [-0.05, 0) is 35.0 Å². The number of rotatable bonds is 5. The normalized spacial score (nSPS) is 10.2. The number of hydrogen-bond donors (Lipinski definition) is 1. The largest absolute Gasteiger partial charge is 0.490 e. The SMILES string of the molecule is CCOc1cc(C=NO)cc(Br)c1OCC#N. The summed E-state index contributed by atoms with van der Waals surface area (Å²) < 4.78 is 11.3. The molecule has 0 atom stereocenters. The highest BCUT2D eigenvalue weighted by Crippen LogP contribution is 2.36. The van der Waals surface area contributed by atoms with Crippen LogP contribution in [0.2, 0.25) is 0 Å². The first-order valence-electron chi connectivity index (χ1n) is 4.86. The van der Waals surface area contributed by atoms with Crippen molar-refractivity contribution in [3.8, 4) is 17.6 Å². The van der Waals surface area contributed by atoms with Crippen molar-refractivity contribution in [2.24, 2.45) is 5.16 Å². The molecule has 0 unspecified atom stereocenters. The Bertz CT molecular complexity index is 455. The molecule has 0 fully saturated rings. The third-order valence-corrected chi connectivity index (χ3v) is 2.41. The van der Waals surface area contributed by atoms with Crippen LogP contribution in [0, 0.1) is 11.3 Å². The zero-order chi connectivity index (χ0) is 12.7. The number of benzene rings is 1. The summed E-state index contributed by atoms with van der Waals surface area (Å²) in [6.07, 6.45) is 1.28. The lowest BCUT2D eigenvalue weighted by molar-refractivity contribution is 0.297. The highest BCUT2D eigenvalue weighted by Gasteiger charge is 2.11. The standard InChI is InChI=1S/C11H11BrN2O3/c1-2-16-10-6-8(7-14-15)5-9(12)11(10)17-4-3-13/h5-7,15H,2,4H2,1H3. The zero-order valence-corrected chi connectivity index (χ0v) is 10.8. The Morgan fingerprint density at radius 2 is 2.29 bits per heavy atom. The van der Waals surface area contributed by atoms with Gasteiger partial charge in [-0.25, -0.2) is 0 Å². The number of nitriles is 1. The van der Waals surface area contributed by atoms with Crippen LogP contribution in [-0.4, -0.2) is 24.6 Å². The predicted molar refractivity (Wildman–Crippen MR) is 65.8 cm³/mol. The number of hydrogen-bond acceptors (Lipinski definition) is 5. The van der Waals surface area contributed by atoms with E-state index in [-0.39, 0.29) is 6.61 Å². The first kappa shape index (κ1) is 13.3. The molecule has 0 aliphatic carbocycles. The second-order valence-electron chi connectivity index (χ2n) is 2.95. The highest BCUT2D eigenvalue weighted by molar-refractivity contribution is 9.10. The molecule has 0 saturated carbocycles. The van der Waals surface area contributed by atoms with Crippen molar-refractivity contribution in [3.05, 3.63) is 22.2 Å². The van der Waals surface area contributed by atoms with Crippen LogP contribution in [0.1, 0.15) is 12.5 Å². The number of halogens is 1. The first-order chi connectivity index (χ1) is 8.22. The fourth-order valence-corrected chi connectivity index (χ4v) is 1.81. The van der Waals surface area contributed by atoms with E-state index < -0.39 is 0 Å². The van der Waals surface area contributed by atoms with E-state index in [0.717, 1.165) is 0 Å². The molecular weight excluding hydrogens is 288 g/mol. The van der Waals surface area contributed by atoms with Gasteiger partial charge in [-0.1, -0.05) is 5.16 Å². The van der Waals surface area contributed by atoms with Crippen LogP contribution in [0.4, 0.5) is 0 Å². The zero-order valence-electron chi connectivity index (χ0n) is 9.18. The van der Waals surface area contributed by atoms with E-state index >= 15 is 0 Å². The Morgan fingerprint density at radius 3 is 2.88 bits per heavy atom. The van der Waals surface area contributed by atoms with E-state index in [1.54, 1.807) is 12.1 Å². The van der Waals surface area contributed by atoms with Gasteiger partial charge in [-0.2, -0.15) is 5.26 Å². The molecule has 0 bridgehead atoms. The van der Waals surface area contributed by atoms with Crippen LogP contribution in [0.3, 0.4) is 0 Å². The summed E-state index contributed by atoms with van der Waals surface area (Å²) in [5, 5.41) is 19.9. The van der Waals surface area contributed by atoms with E-state index in [9.17, 15) is 0 Å². The van der Waals surface area contributed by atoms with Crippen molar-refractivity contribution in [3.63, 3.8) is 0 Å². The van der Waals surface area contributed by atoms with Crippen molar-refractivity contribution < 1.29 is 14.7 Å². The Hall–Kier alpha value is -1.74. The van der Waals surface area contributed by atoms with Gasteiger partial charge >= 0.3 is 0 Å². The minimum atomic E-state index is -0.0634. The average molecular weight is 299 g/mol. The van der Waals surface area contributed by atoms with Crippen molar-refractivity contribution in [2.75, 3.05) is 13.2 Å². The van der Waals surface area contributed by atoms with Crippen LogP contribution in [0.25, 0.3) is 0 Å². The third kappa shape index (κ3) is 3.64. The summed E-state index contributed by atoms with van der Waals surface area (Å²) in [5.74, 6) is 0.954. The minimum Gasteiger partial charge on any atom is -0.490 e. The van der Waals surface area contributed by atoms with Crippen LogP contribution in [0.5, 0.6) is 11.5 Å². The van der Waals surface area contributed by atoms with Crippen molar-refractivity contribution in [2.45, 2.75) is 6.92 Å². The van der Waals surface area contributed by atoms with Crippen LogP contribution in [-0.2, 0) is 0 Å². The van der Waals surface area contributed by atoms with E-state index in [4.69, 9.17) is 19.9 Å². The van der Waals surface area contributed by atoms with Crippen molar-refractivity contribution in [1.29, 1.82) is 5.26 Å². The lowest BCUT2D eigenvalue weighted by atomic mass is 10.2. The highest BCUT2D eigenvalue weighted by atomic mass is 79.9. The predicted octanol–water partition coefficient (Wildman–Crippen LogP) is 2.56. The topological polar surface area (TPSA) is 74.8 Å². The summed E-state index contributed by atoms with van der Waals surface area (Å²) in [5.41, 5.74) is 0.659. The molecular formula is C11H11BrN2O3. The van der Waals surface area contributed by atoms with Crippen molar-refractivity contribution >= 4 is 22.1 Å².